The van der Waals surface area contributed by atoms with E-state index in [1.165, 1.54) is 7.11 Å². The van der Waals surface area contributed by atoms with E-state index in [0.717, 1.165) is 10.6 Å². The number of nitrogens with zero attached hydrogens (tertiary/aromatic N) is 1. The zero-order chi connectivity index (χ0) is 18.0. The lowest BCUT2D eigenvalue weighted by atomic mass is 10.2. The fraction of sp³-hybridized carbons (Fsp3) is 0.500. The molecule has 1 saturated heterocycles. The minimum atomic E-state index is -3.72. The average Bonchev–Trinajstić information content (AvgIpc) is 2.84. The Labute approximate surface area is 141 Å². The molecule has 0 aliphatic carbocycles. The van der Waals surface area contributed by atoms with Crippen LogP contribution in [0, 0.1) is 0 Å². The van der Waals surface area contributed by atoms with E-state index in [2.05, 4.69) is 5.32 Å². The number of amides is 1. The zero-order valence-corrected chi connectivity index (χ0v) is 15.1. The summed E-state index contributed by atoms with van der Waals surface area (Å²) in [5.41, 5.74) is 0.414. The minimum Gasteiger partial charge on any atom is -0.495 e. The van der Waals surface area contributed by atoms with Gasteiger partial charge in [-0.25, -0.2) is 16.8 Å². The summed E-state index contributed by atoms with van der Waals surface area (Å²) in [7, 11) is -5.53. The van der Waals surface area contributed by atoms with Crippen LogP contribution >= 0.6 is 0 Å². The smallest absolute Gasteiger partial charge is 0.239 e. The summed E-state index contributed by atoms with van der Waals surface area (Å²) in [5.74, 6) is -0.450. The van der Waals surface area contributed by atoms with Gasteiger partial charge in [0.1, 0.15) is 5.75 Å². The van der Waals surface area contributed by atoms with Crippen molar-refractivity contribution in [2.24, 2.45) is 0 Å². The molecule has 0 aromatic heterocycles. The lowest BCUT2D eigenvalue weighted by molar-refractivity contribution is -0.116. The van der Waals surface area contributed by atoms with Crippen molar-refractivity contribution in [3.8, 4) is 5.75 Å². The Morgan fingerprint density at radius 1 is 1.38 bits per heavy atom. The number of methoxy groups -OCH3 is 1. The van der Waals surface area contributed by atoms with E-state index in [4.69, 9.17) is 4.74 Å². The van der Waals surface area contributed by atoms with Crippen LogP contribution in [0.2, 0.25) is 0 Å². The molecule has 1 aliphatic heterocycles. The molecule has 1 N–H and O–H groups in total. The molecule has 2 rings (SSSR count). The van der Waals surface area contributed by atoms with Crippen LogP contribution in [-0.2, 0) is 24.7 Å². The molecule has 0 spiro atoms. The molecule has 0 bridgehead atoms. The Hall–Kier alpha value is -1.65. The minimum absolute atomic E-state index is 0.0716. The number of sulfonamides is 1. The van der Waals surface area contributed by atoms with Gasteiger partial charge in [0.15, 0.2) is 9.84 Å². The van der Waals surface area contributed by atoms with E-state index in [9.17, 15) is 21.6 Å². The van der Waals surface area contributed by atoms with E-state index in [1.54, 1.807) is 24.3 Å². The van der Waals surface area contributed by atoms with Crippen LogP contribution in [0.3, 0.4) is 0 Å². The first-order chi connectivity index (χ1) is 11.1. The van der Waals surface area contributed by atoms with Gasteiger partial charge in [0.2, 0.25) is 15.9 Å². The number of nitrogens with one attached hydrogen (secondary N) is 1. The molecule has 24 heavy (non-hydrogen) atoms. The number of ether oxygens (including phenoxy) is 1. The standard InChI is InChI=1S/C14H20N2O6S2/c1-22-13-6-4-3-5-12(13)15-14(17)9-16(23(2,18)19)11-7-8-24(20,21)10-11/h3-6,11H,7-10H2,1-2H3,(H,15,17). The maximum Gasteiger partial charge on any atom is 0.239 e. The second-order valence-electron chi connectivity index (χ2n) is 5.61. The van der Waals surface area contributed by atoms with Crippen molar-refractivity contribution in [3.05, 3.63) is 24.3 Å². The third kappa shape index (κ3) is 4.68. The van der Waals surface area contributed by atoms with Crippen molar-refractivity contribution in [1.29, 1.82) is 0 Å². The number of para-hydroxylation sites is 2. The van der Waals surface area contributed by atoms with Crippen molar-refractivity contribution in [2.45, 2.75) is 12.5 Å². The highest BCUT2D eigenvalue weighted by atomic mass is 32.2. The Balaban J connectivity index is 2.14. The molecule has 1 unspecified atom stereocenters. The molecule has 1 aliphatic rings. The van der Waals surface area contributed by atoms with Crippen LogP contribution in [0.1, 0.15) is 6.42 Å². The number of carbonyl (C=O) groups is 1. The molecule has 1 fully saturated rings. The summed E-state index contributed by atoms with van der Waals surface area (Å²) in [4.78, 5) is 12.2. The van der Waals surface area contributed by atoms with Crippen molar-refractivity contribution in [2.75, 3.05) is 36.7 Å². The van der Waals surface area contributed by atoms with Gasteiger partial charge in [-0.3, -0.25) is 4.79 Å². The fourth-order valence-electron chi connectivity index (χ4n) is 2.60. The van der Waals surface area contributed by atoms with Crippen LogP contribution in [-0.4, -0.2) is 64.5 Å². The first-order valence-electron chi connectivity index (χ1n) is 7.22. The monoisotopic (exact) mass is 376 g/mol. The van der Waals surface area contributed by atoms with Crippen molar-refractivity contribution in [3.63, 3.8) is 0 Å². The molecule has 0 radical (unpaired) electrons. The second kappa shape index (κ2) is 7.08. The largest absolute Gasteiger partial charge is 0.495 e. The van der Waals surface area contributed by atoms with Crippen LogP contribution in [0.15, 0.2) is 24.3 Å². The Kier molecular flexibility index (Phi) is 5.51. The molecule has 134 valence electrons. The number of hydrogen-bond donors (Lipinski definition) is 1. The Bertz CT molecular complexity index is 819. The summed E-state index contributed by atoms with van der Waals surface area (Å²) >= 11 is 0. The lowest BCUT2D eigenvalue weighted by Crippen LogP contribution is -2.44. The molecule has 8 nitrogen and oxygen atoms in total. The maximum atomic E-state index is 12.2. The van der Waals surface area contributed by atoms with Crippen LogP contribution in [0.25, 0.3) is 0 Å². The normalized spacial score (nSPS) is 20.0. The zero-order valence-electron chi connectivity index (χ0n) is 13.4. The topological polar surface area (TPSA) is 110 Å². The van der Waals surface area contributed by atoms with Crippen LogP contribution < -0.4 is 10.1 Å². The summed E-state index contributed by atoms with van der Waals surface area (Å²) in [5, 5.41) is 2.59. The van der Waals surface area contributed by atoms with Crippen molar-refractivity contribution < 1.29 is 26.4 Å². The highest BCUT2D eigenvalue weighted by Crippen LogP contribution is 2.24. The number of rotatable bonds is 6. The SMILES string of the molecule is COc1ccccc1NC(=O)CN(C1CCS(=O)(=O)C1)S(C)(=O)=O. The molecule has 1 heterocycles. The van der Waals surface area contributed by atoms with Crippen LogP contribution in [0.5, 0.6) is 5.75 Å². The van der Waals surface area contributed by atoms with Gasteiger partial charge in [-0.05, 0) is 18.6 Å². The van der Waals surface area contributed by atoms with Crippen molar-refractivity contribution in [1.82, 2.24) is 4.31 Å². The maximum absolute atomic E-state index is 12.2. The summed E-state index contributed by atoms with van der Waals surface area (Å²) < 4.78 is 53.2. The number of hydrogen-bond acceptors (Lipinski definition) is 6. The van der Waals surface area contributed by atoms with Gasteiger partial charge in [0.05, 0.1) is 37.1 Å². The lowest BCUT2D eigenvalue weighted by Gasteiger charge is -2.25. The summed E-state index contributed by atoms with van der Waals surface area (Å²) in [6.45, 7) is -0.447. The molecular formula is C14H20N2O6S2. The number of anilines is 1. The Morgan fingerprint density at radius 3 is 2.58 bits per heavy atom. The highest BCUT2D eigenvalue weighted by molar-refractivity contribution is 7.92. The highest BCUT2D eigenvalue weighted by Gasteiger charge is 2.37. The first-order valence-corrected chi connectivity index (χ1v) is 10.9. The number of carbonyl (C=O) groups excluding carboxylic acids is 1. The van der Waals surface area contributed by atoms with Gasteiger partial charge in [-0.2, -0.15) is 4.31 Å². The summed E-state index contributed by atoms with van der Waals surface area (Å²) in [6, 6.07) is 6.01. The van der Waals surface area contributed by atoms with Gasteiger partial charge in [0, 0.05) is 6.04 Å². The third-order valence-corrected chi connectivity index (χ3v) is 6.75. The number of benzene rings is 1. The van der Waals surface area contributed by atoms with E-state index < -0.39 is 38.4 Å². The molecular weight excluding hydrogens is 356 g/mol. The molecule has 1 aromatic rings. The van der Waals surface area contributed by atoms with E-state index in [-0.39, 0.29) is 17.9 Å². The van der Waals surface area contributed by atoms with E-state index in [1.807, 2.05) is 0 Å². The molecule has 0 saturated carbocycles. The van der Waals surface area contributed by atoms with Gasteiger partial charge in [-0.15, -0.1) is 0 Å². The van der Waals surface area contributed by atoms with Gasteiger partial charge >= 0.3 is 0 Å². The van der Waals surface area contributed by atoms with E-state index >= 15 is 0 Å². The van der Waals surface area contributed by atoms with Crippen molar-refractivity contribution >= 4 is 31.5 Å². The fourth-order valence-corrected chi connectivity index (χ4v) is 5.50. The molecule has 1 amide bonds. The average molecular weight is 376 g/mol. The predicted molar refractivity (Wildman–Crippen MR) is 90.2 cm³/mol. The molecule has 1 aromatic carbocycles. The predicted octanol–water partition coefficient (Wildman–Crippen LogP) is 0.0824. The molecule has 1 atom stereocenters. The molecule has 10 heteroatoms. The first kappa shape index (κ1) is 18.7. The third-order valence-electron chi connectivity index (χ3n) is 3.72. The van der Waals surface area contributed by atoms with E-state index in [0.29, 0.717) is 11.4 Å². The summed E-state index contributed by atoms with van der Waals surface area (Å²) in [6.07, 6.45) is 1.16. The van der Waals surface area contributed by atoms with Gasteiger partial charge in [-0.1, -0.05) is 12.1 Å². The van der Waals surface area contributed by atoms with Crippen LogP contribution in [0.4, 0.5) is 5.69 Å². The van der Waals surface area contributed by atoms with Gasteiger partial charge in [0.25, 0.3) is 0 Å². The number of sulfone groups is 1. The quantitative estimate of drug-likeness (QED) is 0.753. The Morgan fingerprint density at radius 2 is 2.04 bits per heavy atom. The second-order valence-corrected chi connectivity index (χ2v) is 9.78. The van der Waals surface area contributed by atoms with Gasteiger partial charge < -0.3 is 10.1 Å².